The van der Waals surface area contributed by atoms with Gasteiger partial charge in [-0.2, -0.15) is 13.2 Å². The molecular formula is C25H26F3N3O4S. The molecule has 2 aromatic carbocycles. The van der Waals surface area contributed by atoms with Crippen molar-refractivity contribution >= 4 is 38.2 Å². The van der Waals surface area contributed by atoms with E-state index in [-0.39, 0.29) is 23.0 Å². The van der Waals surface area contributed by atoms with Gasteiger partial charge in [-0.1, -0.05) is 25.1 Å². The van der Waals surface area contributed by atoms with Gasteiger partial charge in [0.05, 0.1) is 10.5 Å². The monoisotopic (exact) mass is 521 g/mol. The van der Waals surface area contributed by atoms with Gasteiger partial charge >= 0.3 is 6.18 Å². The number of carbonyl (C=O) groups is 2. The second-order valence-electron chi connectivity index (χ2n) is 9.08. The van der Waals surface area contributed by atoms with E-state index >= 15 is 0 Å². The number of aromatic nitrogens is 1. The molecule has 36 heavy (non-hydrogen) atoms. The number of carbonyl (C=O) groups excluding carboxylic acids is 2. The first kappa shape index (κ1) is 25.7. The summed E-state index contributed by atoms with van der Waals surface area (Å²) in [6, 6.07) is 10.5. The van der Waals surface area contributed by atoms with Gasteiger partial charge in [0.1, 0.15) is 12.3 Å². The number of amides is 2. The second-order valence-corrected chi connectivity index (χ2v) is 11.0. The Morgan fingerprint density at radius 2 is 1.67 bits per heavy atom. The summed E-state index contributed by atoms with van der Waals surface area (Å²) < 4.78 is 66.1. The van der Waals surface area contributed by atoms with Crippen molar-refractivity contribution in [2.24, 2.45) is 5.92 Å². The minimum Gasteiger partial charge on any atom is -0.341 e. The second kappa shape index (κ2) is 9.96. The van der Waals surface area contributed by atoms with Crippen LogP contribution in [0.25, 0.3) is 10.9 Å². The van der Waals surface area contributed by atoms with Crippen LogP contribution < -0.4 is 5.32 Å². The van der Waals surface area contributed by atoms with Crippen molar-refractivity contribution in [1.29, 1.82) is 0 Å². The van der Waals surface area contributed by atoms with Crippen molar-refractivity contribution < 1.29 is 31.2 Å². The van der Waals surface area contributed by atoms with Crippen molar-refractivity contribution in [3.63, 3.8) is 0 Å². The van der Waals surface area contributed by atoms with E-state index in [4.69, 9.17) is 0 Å². The molecule has 11 heteroatoms. The molecule has 0 atom stereocenters. The maximum Gasteiger partial charge on any atom is 0.416 e. The first-order valence-corrected chi connectivity index (χ1v) is 13.1. The zero-order chi connectivity index (χ0) is 26.1. The molecule has 2 amide bonds. The number of nitrogens with one attached hydrogen (secondary N) is 1. The molecule has 192 valence electrons. The number of sulfone groups is 1. The van der Waals surface area contributed by atoms with Crippen molar-refractivity contribution in [2.75, 3.05) is 24.2 Å². The summed E-state index contributed by atoms with van der Waals surface area (Å²) in [6.07, 6.45) is -1.30. The Morgan fingerprint density at radius 3 is 2.31 bits per heavy atom. The van der Waals surface area contributed by atoms with Crippen molar-refractivity contribution in [1.82, 2.24) is 9.47 Å². The number of hydrogen-bond acceptors (Lipinski definition) is 4. The summed E-state index contributed by atoms with van der Waals surface area (Å²) in [7, 11) is -4.12. The highest BCUT2D eigenvalue weighted by Crippen LogP contribution is 2.30. The minimum atomic E-state index is -4.52. The number of halogens is 3. The van der Waals surface area contributed by atoms with Crippen LogP contribution in [0.15, 0.2) is 59.6 Å². The Morgan fingerprint density at radius 1 is 1.03 bits per heavy atom. The lowest BCUT2D eigenvalue weighted by Gasteiger charge is -2.30. The predicted octanol–water partition coefficient (Wildman–Crippen LogP) is 4.33. The molecule has 0 bridgehead atoms. The van der Waals surface area contributed by atoms with Gasteiger partial charge in [0.2, 0.25) is 11.8 Å². The van der Waals surface area contributed by atoms with E-state index in [1.165, 1.54) is 6.20 Å². The van der Waals surface area contributed by atoms with Crippen LogP contribution in [0.3, 0.4) is 0 Å². The van der Waals surface area contributed by atoms with Crippen LogP contribution in [0.1, 0.15) is 25.3 Å². The van der Waals surface area contributed by atoms with E-state index in [1.807, 2.05) is 0 Å². The van der Waals surface area contributed by atoms with E-state index in [2.05, 4.69) is 12.2 Å². The molecule has 4 rings (SSSR count). The molecule has 0 aliphatic carbocycles. The zero-order valence-electron chi connectivity index (χ0n) is 19.6. The van der Waals surface area contributed by atoms with E-state index in [1.54, 1.807) is 33.7 Å². The number of para-hydroxylation sites is 1. The SMILES string of the molecule is CC1CCN(C(=O)Cn2cc(S(=O)(=O)CC(=O)Nc3ccc(C(F)(F)F)cc3)c3ccccc32)CC1. The quantitative estimate of drug-likeness (QED) is 0.523. The average Bonchev–Trinajstić information content (AvgIpc) is 3.18. The molecule has 1 aromatic heterocycles. The number of likely N-dealkylation sites (tertiary alicyclic amines) is 1. The van der Waals surface area contributed by atoms with Gasteiger partial charge in [-0.15, -0.1) is 0 Å². The first-order chi connectivity index (χ1) is 16.9. The Kier molecular flexibility index (Phi) is 7.12. The third-order valence-corrected chi connectivity index (χ3v) is 7.98. The maximum absolute atomic E-state index is 13.2. The zero-order valence-corrected chi connectivity index (χ0v) is 20.4. The third-order valence-electron chi connectivity index (χ3n) is 6.35. The first-order valence-electron chi connectivity index (χ1n) is 11.5. The van der Waals surface area contributed by atoms with Gasteiger partial charge in [-0.25, -0.2) is 8.42 Å². The smallest absolute Gasteiger partial charge is 0.341 e. The van der Waals surface area contributed by atoms with Crippen molar-refractivity contribution in [3.05, 3.63) is 60.3 Å². The standard InChI is InChI=1S/C25H26F3N3O4S/c1-17-10-12-30(13-11-17)24(33)15-31-14-22(20-4-2-3-5-21(20)31)36(34,35)16-23(32)29-19-8-6-18(7-9-19)25(26,27)28/h2-9,14,17H,10-13,15-16H2,1H3,(H,29,32). The van der Waals surface area contributed by atoms with Gasteiger partial charge < -0.3 is 14.8 Å². The van der Waals surface area contributed by atoms with Gasteiger partial charge in [-0.05, 0) is 49.1 Å². The summed E-state index contributed by atoms with van der Waals surface area (Å²) in [5.41, 5.74) is -0.278. The fraction of sp³-hybridized carbons (Fsp3) is 0.360. The molecule has 0 unspecified atom stereocenters. The maximum atomic E-state index is 13.2. The molecule has 1 fully saturated rings. The van der Waals surface area contributed by atoms with Crippen LogP contribution in [-0.4, -0.2) is 48.5 Å². The van der Waals surface area contributed by atoms with Crippen LogP contribution in [0.5, 0.6) is 0 Å². The van der Waals surface area contributed by atoms with Crippen molar-refractivity contribution in [2.45, 2.75) is 37.4 Å². The molecular weight excluding hydrogens is 495 g/mol. The number of nitrogens with zero attached hydrogens (tertiary/aromatic N) is 2. The molecule has 1 aliphatic heterocycles. The molecule has 0 radical (unpaired) electrons. The number of benzene rings is 2. The average molecular weight is 522 g/mol. The highest BCUT2D eigenvalue weighted by molar-refractivity contribution is 7.92. The normalized spacial score (nSPS) is 15.3. The molecule has 2 heterocycles. The van der Waals surface area contributed by atoms with Crippen LogP contribution in [0.2, 0.25) is 0 Å². The largest absolute Gasteiger partial charge is 0.416 e. The van der Waals surface area contributed by atoms with Crippen molar-refractivity contribution in [3.8, 4) is 0 Å². The number of alkyl halides is 3. The lowest BCUT2D eigenvalue weighted by atomic mass is 9.99. The van der Waals surface area contributed by atoms with Gasteiger partial charge in [0, 0.05) is 35.9 Å². The number of piperidine rings is 1. The summed E-state index contributed by atoms with van der Waals surface area (Å²) in [4.78, 5) is 27.0. The summed E-state index contributed by atoms with van der Waals surface area (Å²) >= 11 is 0. The number of anilines is 1. The molecule has 1 saturated heterocycles. The third kappa shape index (κ3) is 5.72. The number of fused-ring (bicyclic) bond motifs is 1. The Bertz CT molecular complexity index is 1370. The highest BCUT2D eigenvalue weighted by Gasteiger charge is 2.30. The van der Waals surface area contributed by atoms with Crippen LogP contribution in [0.4, 0.5) is 18.9 Å². The summed E-state index contributed by atoms with van der Waals surface area (Å²) in [5.74, 6) is -1.33. The Labute approximate surface area is 206 Å². The lowest BCUT2D eigenvalue weighted by molar-refractivity contribution is -0.137. The van der Waals surface area contributed by atoms with Gasteiger partial charge in [-0.3, -0.25) is 9.59 Å². The topological polar surface area (TPSA) is 88.5 Å². The van der Waals surface area contributed by atoms with E-state index in [0.29, 0.717) is 29.9 Å². The van der Waals surface area contributed by atoms with Gasteiger partial charge in [0.25, 0.3) is 0 Å². The minimum absolute atomic E-state index is 0.0256. The van der Waals surface area contributed by atoms with Crippen LogP contribution >= 0.6 is 0 Å². The molecule has 1 N–H and O–H groups in total. The summed E-state index contributed by atoms with van der Waals surface area (Å²) in [6.45, 7) is 3.44. The lowest BCUT2D eigenvalue weighted by Crippen LogP contribution is -2.39. The fourth-order valence-corrected chi connectivity index (χ4v) is 5.65. The molecule has 1 aliphatic rings. The number of hydrogen-bond donors (Lipinski definition) is 1. The highest BCUT2D eigenvalue weighted by atomic mass is 32.2. The van der Waals surface area contributed by atoms with Crippen LogP contribution in [0, 0.1) is 5.92 Å². The molecule has 3 aromatic rings. The summed E-state index contributed by atoms with van der Waals surface area (Å²) in [5, 5.41) is 2.72. The molecule has 0 saturated carbocycles. The van der Waals surface area contributed by atoms with E-state index in [9.17, 15) is 31.2 Å². The Hall–Kier alpha value is -3.34. The fourth-order valence-electron chi connectivity index (χ4n) is 4.29. The van der Waals surface area contributed by atoms with Gasteiger partial charge in [0.15, 0.2) is 9.84 Å². The molecule has 7 nitrogen and oxygen atoms in total. The number of rotatable bonds is 6. The van der Waals surface area contributed by atoms with E-state index < -0.39 is 33.2 Å². The molecule has 0 spiro atoms. The van der Waals surface area contributed by atoms with Crippen LogP contribution in [-0.2, 0) is 32.1 Å². The van der Waals surface area contributed by atoms with E-state index in [0.717, 1.165) is 37.1 Å². The Balaban J connectivity index is 1.51. The predicted molar refractivity (Wildman–Crippen MR) is 129 cm³/mol.